The molecular weight excluding hydrogens is 282 g/mol. The smallest absolute Gasteiger partial charge is 0.321 e. The van der Waals surface area contributed by atoms with Gasteiger partial charge in [-0.25, -0.2) is 4.79 Å². The summed E-state index contributed by atoms with van der Waals surface area (Å²) in [7, 11) is 0. The minimum atomic E-state index is -0.113. The van der Waals surface area contributed by atoms with Gasteiger partial charge in [-0.15, -0.1) is 0 Å². The standard InChI is InChI=1S/C16H21N3O3/c20-15(14-6-3-11-22-14)18-7-9-19(10-8-18)16(21)17-12-13-4-1-2-5-13/h3,6,11-12H,1-2,4-5,7-10H2,(H,17,21). The van der Waals surface area contributed by atoms with Gasteiger partial charge in [-0.3, -0.25) is 4.79 Å². The molecule has 1 aliphatic carbocycles. The average molecular weight is 303 g/mol. The quantitative estimate of drug-likeness (QED) is 0.911. The molecule has 6 nitrogen and oxygen atoms in total. The van der Waals surface area contributed by atoms with Crippen molar-refractivity contribution in [2.75, 3.05) is 26.2 Å². The molecule has 1 aromatic heterocycles. The van der Waals surface area contributed by atoms with Gasteiger partial charge in [-0.05, 0) is 37.8 Å². The van der Waals surface area contributed by atoms with Crippen LogP contribution in [-0.4, -0.2) is 47.9 Å². The number of allylic oxidation sites excluding steroid dienone is 1. The first-order valence-corrected chi connectivity index (χ1v) is 7.80. The molecule has 3 rings (SSSR count). The Hall–Kier alpha value is -2.24. The molecule has 2 fully saturated rings. The number of amides is 3. The lowest BCUT2D eigenvalue weighted by Gasteiger charge is -2.34. The third-order valence-corrected chi connectivity index (χ3v) is 4.23. The molecule has 0 aromatic carbocycles. The van der Waals surface area contributed by atoms with Crippen molar-refractivity contribution in [1.29, 1.82) is 0 Å². The van der Waals surface area contributed by atoms with Crippen molar-refractivity contribution in [2.45, 2.75) is 25.7 Å². The van der Waals surface area contributed by atoms with E-state index in [9.17, 15) is 9.59 Å². The Morgan fingerprint density at radius 3 is 2.41 bits per heavy atom. The highest BCUT2D eigenvalue weighted by molar-refractivity contribution is 5.91. The molecular formula is C16H21N3O3. The molecule has 118 valence electrons. The van der Waals surface area contributed by atoms with Crippen molar-refractivity contribution in [3.63, 3.8) is 0 Å². The van der Waals surface area contributed by atoms with E-state index in [4.69, 9.17) is 4.42 Å². The van der Waals surface area contributed by atoms with Crippen LogP contribution in [0, 0.1) is 0 Å². The van der Waals surface area contributed by atoms with E-state index in [1.165, 1.54) is 24.7 Å². The fraction of sp³-hybridized carbons (Fsp3) is 0.500. The van der Waals surface area contributed by atoms with Crippen LogP contribution in [0.1, 0.15) is 36.2 Å². The van der Waals surface area contributed by atoms with Crippen LogP contribution in [0.3, 0.4) is 0 Å². The molecule has 2 heterocycles. The Kier molecular flexibility index (Phi) is 4.46. The lowest BCUT2D eigenvalue weighted by Crippen LogP contribution is -2.52. The summed E-state index contributed by atoms with van der Waals surface area (Å²) in [6.45, 7) is 2.15. The zero-order chi connectivity index (χ0) is 15.4. The molecule has 0 atom stereocenters. The van der Waals surface area contributed by atoms with Crippen LogP contribution < -0.4 is 5.32 Å². The van der Waals surface area contributed by atoms with Gasteiger partial charge >= 0.3 is 6.03 Å². The summed E-state index contributed by atoms with van der Waals surface area (Å²) in [6.07, 6.45) is 7.96. The molecule has 1 saturated heterocycles. The Morgan fingerprint density at radius 1 is 1.09 bits per heavy atom. The number of urea groups is 1. The summed E-state index contributed by atoms with van der Waals surface area (Å²) in [4.78, 5) is 27.7. The molecule has 1 N–H and O–H groups in total. The number of carbonyl (C=O) groups excluding carboxylic acids is 2. The highest BCUT2D eigenvalue weighted by Gasteiger charge is 2.25. The van der Waals surface area contributed by atoms with Crippen LogP contribution in [0.15, 0.2) is 34.6 Å². The third-order valence-electron chi connectivity index (χ3n) is 4.23. The number of hydrogen-bond acceptors (Lipinski definition) is 3. The largest absolute Gasteiger partial charge is 0.459 e. The number of rotatable bonds is 2. The Balaban J connectivity index is 1.48. The Labute approximate surface area is 129 Å². The maximum Gasteiger partial charge on any atom is 0.321 e. The number of nitrogens with zero attached hydrogens (tertiary/aromatic N) is 2. The lowest BCUT2D eigenvalue weighted by molar-refractivity contribution is 0.0636. The van der Waals surface area contributed by atoms with Gasteiger partial charge in [0.15, 0.2) is 5.76 Å². The highest BCUT2D eigenvalue weighted by atomic mass is 16.3. The molecule has 0 radical (unpaired) electrons. The number of nitrogens with one attached hydrogen (secondary N) is 1. The first-order valence-electron chi connectivity index (χ1n) is 7.80. The highest BCUT2D eigenvalue weighted by Crippen LogP contribution is 2.22. The topological polar surface area (TPSA) is 65.8 Å². The summed E-state index contributed by atoms with van der Waals surface area (Å²) < 4.78 is 5.13. The number of carbonyl (C=O) groups is 2. The van der Waals surface area contributed by atoms with Gasteiger partial charge in [-0.2, -0.15) is 0 Å². The monoisotopic (exact) mass is 303 g/mol. The van der Waals surface area contributed by atoms with Crippen molar-refractivity contribution in [2.24, 2.45) is 0 Å². The van der Waals surface area contributed by atoms with E-state index in [-0.39, 0.29) is 11.9 Å². The number of furan rings is 1. The van der Waals surface area contributed by atoms with E-state index in [0.717, 1.165) is 12.8 Å². The van der Waals surface area contributed by atoms with Crippen LogP contribution in [0.5, 0.6) is 0 Å². The molecule has 0 unspecified atom stereocenters. The average Bonchev–Trinajstić information content (AvgIpc) is 3.25. The molecule has 1 aromatic rings. The lowest BCUT2D eigenvalue weighted by atomic mass is 10.2. The zero-order valence-corrected chi connectivity index (χ0v) is 12.6. The van der Waals surface area contributed by atoms with E-state index >= 15 is 0 Å². The molecule has 6 heteroatoms. The predicted molar refractivity (Wildman–Crippen MR) is 81.3 cm³/mol. The molecule has 1 aliphatic heterocycles. The third kappa shape index (κ3) is 3.32. The predicted octanol–water partition coefficient (Wildman–Crippen LogP) is 2.20. The van der Waals surface area contributed by atoms with E-state index < -0.39 is 0 Å². The summed E-state index contributed by atoms with van der Waals surface area (Å²) in [6, 6.07) is 3.28. The first kappa shape index (κ1) is 14.7. The molecule has 1 saturated carbocycles. The second-order valence-corrected chi connectivity index (χ2v) is 5.72. The Morgan fingerprint density at radius 2 is 1.77 bits per heavy atom. The Bertz CT molecular complexity index is 549. The van der Waals surface area contributed by atoms with Crippen LogP contribution in [0.4, 0.5) is 4.79 Å². The normalized spacial score (nSPS) is 18.5. The minimum absolute atomic E-state index is 0.0792. The summed E-state index contributed by atoms with van der Waals surface area (Å²) >= 11 is 0. The van der Waals surface area contributed by atoms with Crippen molar-refractivity contribution >= 4 is 11.9 Å². The van der Waals surface area contributed by atoms with Crippen molar-refractivity contribution in [3.05, 3.63) is 35.9 Å². The first-order chi connectivity index (χ1) is 10.7. The number of piperazine rings is 1. The second-order valence-electron chi connectivity index (χ2n) is 5.72. The molecule has 2 aliphatic rings. The fourth-order valence-electron chi connectivity index (χ4n) is 2.90. The number of hydrogen-bond donors (Lipinski definition) is 1. The van der Waals surface area contributed by atoms with E-state index in [2.05, 4.69) is 5.32 Å². The van der Waals surface area contributed by atoms with Gasteiger partial charge in [0.1, 0.15) is 0 Å². The van der Waals surface area contributed by atoms with Gasteiger partial charge in [0.2, 0.25) is 0 Å². The van der Waals surface area contributed by atoms with E-state index in [1.54, 1.807) is 21.9 Å². The van der Waals surface area contributed by atoms with Crippen LogP contribution in [-0.2, 0) is 0 Å². The van der Waals surface area contributed by atoms with Crippen LogP contribution in [0.2, 0.25) is 0 Å². The van der Waals surface area contributed by atoms with Crippen LogP contribution in [0.25, 0.3) is 0 Å². The minimum Gasteiger partial charge on any atom is -0.459 e. The van der Waals surface area contributed by atoms with Crippen molar-refractivity contribution in [1.82, 2.24) is 15.1 Å². The van der Waals surface area contributed by atoms with E-state index in [1.807, 2.05) is 6.20 Å². The SMILES string of the molecule is O=C(NC=C1CCCC1)N1CCN(C(=O)c2ccco2)CC1. The van der Waals surface area contributed by atoms with Gasteiger partial charge in [-0.1, -0.05) is 5.57 Å². The van der Waals surface area contributed by atoms with Gasteiger partial charge < -0.3 is 19.5 Å². The van der Waals surface area contributed by atoms with Crippen molar-refractivity contribution in [3.8, 4) is 0 Å². The maximum absolute atomic E-state index is 12.1. The van der Waals surface area contributed by atoms with Gasteiger partial charge in [0.25, 0.3) is 5.91 Å². The molecule has 3 amide bonds. The van der Waals surface area contributed by atoms with Crippen molar-refractivity contribution < 1.29 is 14.0 Å². The fourth-order valence-corrected chi connectivity index (χ4v) is 2.90. The van der Waals surface area contributed by atoms with Gasteiger partial charge in [0, 0.05) is 32.4 Å². The summed E-state index contributed by atoms with van der Waals surface area (Å²) in [5.41, 5.74) is 1.32. The van der Waals surface area contributed by atoms with Gasteiger partial charge in [0.05, 0.1) is 6.26 Å². The molecule has 22 heavy (non-hydrogen) atoms. The van der Waals surface area contributed by atoms with E-state index in [0.29, 0.717) is 31.9 Å². The second kappa shape index (κ2) is 6.68. The summed E-state index contributed by atoms with van der Waals surface area (Å²) in [5.74, 6) is 0.238. The molecule has 0 spiro atoms. The van der Waals surface area contributed by atoms with Crippen LogP contribution >= 0.6 is 0 Å². The zero-order valence-electron chi connectivity index (χ0n) is 12.6. The summed E-state index contributed by atoms with van der Waals surface area (Å²) in [5, 5.41) is 2.87. The molecule has 0 bridgehead atoms. The maximum atomic E-state index is 12.1.